The number of carbonyl (C=O) groups excluding carboxylic acids is 1. The molecule has 0 unspecified atom stereocenters. The number of sulfonamides is 1. The van der Waals surface area contributed by atoms with Crippen LogP contribution in [0.2, 0.25) is 5.02 Å². The Morgan fingerprint density at radius 3 is 2.48 bits per heavy atom. The highest BCUT2D eigenvalue weighted by molar-refractivity contribution is 7.89. The molecular formula is C21H21ClN2O4S. The van der Waals surface area contributed by atoms with E-state index in [-0.39, 0.29) is 16.7 Å². The van der Waals surface area contributed by atoms with Gasteiger partial charge in [0.05, 0.1) is 4.90 Å². The van der Waals surface area contributed by atoms with Crippen molar-refractivity contribution in [3.63, 3.8) is 0 Å². The minimum absolute atomic E-state index is 0.124. The molecule has 152 valence electrons. The summed E-state index contributed by atoms with van der Waals surface area (Å²) in [6, 6.07) is 15.4. The van der Waals surface area contributed by atoms with Gasteiger partial charge in [0.15, 0.2) is 5.76 Å². The third-order valence-electron chi connectivity index (χ3n) is 5.22. The summed E-state index contributed by atoms with van der Waals surface area (Å²) in [5, 5.41) is 1.40. The van der Waals surface area contributed by atoms with E-state index in [0.29, 0.717) is 36.0 Å². The van der Waals surface area contributed by atoms with E-state index in [4.69, 9.17) is 16.0 Å². The summed E-state index contributed by atoms with van der Waals surface area (Å²) in [6.45, 7) is 1.49. The number of piperidine rings is 1. The van der Waals surface area contributed by atoms with Gasteiger partial charge in [0.25, 0.3) is 5.91 Å². The largest absolute Gasteiger partial charge is 0.451 e. The minimum atomic E-state index is -3.57. The van der Waals surface area contributed by atoms with Gasteiger partial charge in [-0.05, 0) is 55.2 Å². The Labute approximate surface area is 174 Å². The fourth-order valence-corrected chi connectivity index (χ4v) is 4.75. The van der Waals surface area contributed by atoms with Crippen LogP contribution in [0.3, 0.4) is 0 Å². The summed E-state index contributed by atoms with van der Waals surface area (Å²) < 4.78 is 33.1. The molecule has 3 aromatic rings. The van der Waals surface area contributed by atoms with E-state index in [2.05, 4.69) is 4.72 Å². The predicted octanol–water partition coefficient (Wildman–Crippen LogP) is 3.92. The quantitative estimate of drug-likeness (QED) is 0.662. The topological polar surface area (TPSA) is 79.6 Å². The lowest BCUT2D eigenvalue weighted by Crippen LogP contribution is -2.41. The van der Waals surface area contributed by atoms with Crippen LogP contribution in [0.15, 0.2) is 63.9 Å². The lowest BCUT2D eigenvalue weighted by Gasteiger charge is -2.31. The summed E-state index contributed by atoms with van der Waals surface area (Å²) >= 11 is 5.81. The van der Waals surface area contributed by atoms with E-state index in [1.54, 1.807) is 23.1 Å². The Kier molecular flexibility index (Phi) is 5.63. The summed E-state index contributed by atoms with van der Waals surface area (Å²) in [4.78, 5) is 14.7. The van der Waals surface area contributed by atoms with Crippen LogP contribution in [0.5, 0.6) is 0 Å². The first-order valence-corrected chi connectivity index (χ1v) is 11.3. The lowest BCUT2D eigenvalue weighted by molar-refractivity contribution is 0.0662. The molecule has 8 heteroatoms. The highest BCUT2D eigenvalue weighted by Gasteiger charge is 2.26. The Bertz CT molecular complexity index is 1080. The molecule has 4 rings (SSSR count). The van der Waals surface area contributed by atoms with E-state index in [9.17, 15) is 13.2 Å². The molecule has 1 fully saturated rings. The number of benzene rings is 2. The van der Waals surface area contributed by atoms with Crippen LogP contribution < -0.4 is 4.72 Å². The average molecular weight is 433 g/mol. The molecule has 0 aliphatic carbocycles. The standard InChI is InChI=1S/C21H21ClN2O4S/c22-17-5-7-18(8-6-17)29(26,27)23-14-15-9-11-24(12-10-15)21(25)20-13-16-3-1-2-4-19(16)28-20/h1-8,13,15,23H,9-12,14H2. The van der Waals surface area contributed by atoms with Crippen LogP contribution in [0, 0.1) is 5.92 Å². The molecule has 0 saturated carbocycles. The molecule has 0 radical (unpaired) electrons. The molecule has 6 nitrogen and oxygen atoms in total. The number of hydrogen-bond acceptors (Lipinski definition) is 4. The van der Waals surface area contributed by atoms with Crippen molar-refractivity contribution in [1.82, 2.24) is 9.62 Å². The number of halogens is 1. The molecule has 2 heterocycles. The minimum Gasteiger partial charge on any atom is -0.451 e. The van der Waals surface area contributed by atoms with Gasteiger partial charge in [-0.3, -0.25) is 4.79 Å². The van der Waals surface area contributed by atoms with Crippen LogP contribution >= 0.6 is 11.6 Å². The summed E-state index contributed by atoms with van der Waals surface area (Å²) in [7, 11) is -3.57. The second-order valence-electron chi connectivity index (χ2n) is 7.19. The maximum atomic E-state index is 12.7. The molecule has 1 aliphatic heterocycles. The lowest BCUT2D eigenvalue weighted by atomic mass is 9.97. The molecule has 1 amide bonds. The van der Waals surface area contributed by atoms with Crippen molar-refractivity contribution in [1.29, 1.82) is 0 Å². The molecule has 1 aliphatic rings. The SMILES string of the molecule is O=C(c1cc2ccccc2o1)N1CCC(CNS(=O)(=O)c2ccc(Cl)cc2)CC1. The fourth-order valence-electron chi connectivity index (χ4n) is 3.51. The predicted molar refractivity (Wildman–Crippen MR) is 111 cm³/mol. The number of rotatable bonds is 5. The van der Waals surface area contributed by atoms with Gasteiger partial charge < -0.3 is 9.32 Å². The molecular weight excluding hydrogens is 412 g/mol. The molecule has 1 aromatic heterocycles. The van der Waals surface area contributed by atoms with E-state index in [0.717, 1.165) is 18.2 Å². The molecule has 1 saturated heterocycles. The Hall–Kier alpha value is -2.35. The number of carbonyl (C=O) groups is 1. The van der Waals surface area contributed by atoms with Gasteiger partial charge in [0.1, 0.15) is 5.58 Å². The van der Waals surface area contributed by atoms with Crippen LogP contribution in [0.4, 0.5) is 0 Å². The van der Waals surface area contributed by atoms with E-state index >= 15 is 0 Å². The van der Waals surface area contributed by atoms with E-state index < -0.39 is 10.0 Å². The van der Waals surface area contributed by atoms with Gasteiger partial charge in [-0.25, -0.2) is 13.1 Å². The van der Waals surface area contributed by atoms with Gasteiger partial charge in [-0.1, -0.05) is 29.8 Å². The van der Waals surface area contributed by atoms with Gasteiger partial charge >= 0.3 is 0 Å². The second-order valence-corrected chi connectivity index (χ2v) is 9.39. The van der Waals surface area contributed by atoms with Crippen LogP contribution in [0.1, 0.15) is 23.4 Å². The Morgan fingerprint density at radius 1 is 1.10 bits per heavy atom. The third kappa shape index (κ3) is 4.47. The number of fused-ring (bicyclic) bond motifs is 1. The van der Waals surface area contributed by atoms with Gasteiger partial charge in [-0.2, -0.15) is 0 Å². The van der Waals surface area contributed by atoms with Crippen LogP contribution in [-0.2, 0) is 10.0 Å². The zero-order valence-corrected chi connectivity index (χ0v) is 17.2. The van der Waals surface area contributed by atoms with Crippen LogP contribution in [0.25, 0.3) is 11.0 Å². The summed E-state index contributed by atoms with van der Waals surface area (Å²) in [5.74, 6) is 0.395. The van der Waals surface area contributed by atoms with Crippen molar-refractivity contribution in [2.24, 2.45) is 5.92 Å². The summed E-state index contributed by atoms with van der Waals surface area (Å²) in [6.07, 6.45) is 1.46. The fraction of sp³-hybridized carbons (Fsp3) is 0.286. The number of nitrogens with one attached hydrogen (secondary N) is 1. The highest BCUT2D eigenvalue weighted by atomic mass is 35.5. The number of furan rings is 1. The average Bonchev–Trinajstić information content (AvgIpc) is 3.17. The maximum Gasteiger partial charge on any atom is 0.289 e. The third-order valence-corrected chi connectivity index (χ3v) is 6.92. The highest BCUT2D eigenvalue weighted by Crippen LogP contribution is 2.23. The van der Waals surface area contributed by atoms with Crippen molar-refractivity contribution in [2.75, 3.05) is 19.6 Å². The number of amides is 1. The molecule has 2 aromatic carbocycles. The zero-order valence-electron chi connectivity index (χ0n) is 15.7. The number of likely N-dealkylation sites (tertiary alicyclic amines) is 1. The first-order valence-electron chi connectivity index (χ1n) is 9.45. The Balaban J connectivity index is 1.32. The van der Waals surface area contributed by atoms with Crippen molar-refractivity contribution < 1.29 is 17.6 Å². The van der Waals surface area contributed by atoms with Crippen molar-refractivity contribution >= 4 is 38.5 Å². The monoisotopic (exact) mass is 432 g/mol. The molecule has 0 atom stereocenters. The van der Waals surface area contributed by atoms with E-state index in [1.165, 1.54) is 12.1 Å². The van der Waals surface area contributed by atoms with E-state index in [1.807, 2.05) is 24.3 Å². The summed E-state index contributed by atoms with van der Waals surface area (Å²) in [5.41, 5.74) is 0.697. The Morgan fingerprint density at radius 2 is 1.79 bits per heavy atom. The molecule has 0 bridgehead atoms. The maximum absolute atomic E-state index is 12.7. The van der Waals surface area contributed by atoms with Gasteiger partial charge in [0, 0.05) is 30.0 Å². The van der Waals surface area contributed by atoms with Gasteiger partial charge in [-0.15, -0.1) is 0 Å². The van der Waals surface area contributed by atoms with Gasteiger partial charge in [0.2, 0.25) is 10.0 Å². The number of nitrogens with zero attached hydrogens (tertiary/aromatic N) is 1. The molecule has 1 N–H and O–H groups in total. The zero-order chi connectivity index (χ0) is 20.4. The smallest absolute Gasteiger partial charge is 0.289 e. The normalized spacial score (nSPS) is 15.7. The number of hydrogen-bond donors (Lipinski definition) is 1. The van der Waals surface area contributed by atoms with Crippen LogP contribution in [-0.4, -0.2) is 38.9 Å². The van der Waals surface area contributed by atoms with Crippen molar-refractivity contribution in [3.8, 4) is 0 Å². The number of para-hydroxylation sites is 1. The first-order chi connectivity index (χ1) is 13.9. The van der Waals surface area contributed by atoms with Crippen molar-refractivity contribution in [3.05, 3.63) is 65.4 Å². The first kappa shape index (κ1) is 19.9. The molecule has 29 heavy (non-hydrogen) atoms. The van der Waals surface area contributed by atoms with Crippen molar-refractivity contribution in [2.45, 2.75) is 17.7 Å². The second kappa shape index (κ2) is 8.18. The molecule has 0 spiro atoms.